The number of phenols is 1. The summed E-state index contributed by atoms with van der Waals surface area (Å²) in [6, 6.07) is 4.62. The molecule has 0 aliphatic rings. The lowest BCUT2D eigenvalue weighted by molar-refractivity contribution is 0.0693. The van der Waals surface area contributed by atoms with Crippen molar-refractivity contribution in [3.8, 4) is 5.75 Å². The zero-order chi connectivity index (χ0) is 8.43. The normalized spacial score (nSPS) is 8.75. The van der Waals surface area contributed by atoms with Gasteiger partial charge in [-0.25, -0.2) is 4.79 Å². The Kier molecular flexibility index (Phi) is 4.06. The second kappa shape index (κ2) is 4.32. The fourth-order valence-electron chi connectivity index (χ4n) is 0.832. The van der Waals surface area contributed by atoms with Crippen molar-refractivity contribution in [1.82, 2.24) is 0 Å². The summed E-state index contributed by atoms with van der Waals surface area (Å²) in [7, 11) is 0. The molecule has 1 aromatic rings. The summed E-state index contributed by atoms with van der Waals surface area (Å²) < 4.78 is 0. The van der Waals surface area contributed by atoms with E-state index < -0.39 is 5.97 Å². The molecule has 0 heterocycles. The molecule has 0 aliphatic heterocycles. The lowest BCUT2D eigenvalue weighted by atomic mass is 10.1. The van der Waals surface area contributed by atoms with Crippen LogP contribution < -0.4 is 0 Å². The highest BCUT2D eigenvalue weighted by atomic mass is 24.3. The quantitative estimate of drug-likeness (QED) is 0.628. The van der Waals surface area contributed by atoms with Crippen molar-refractivity contribution in [2.75, 3.05) is 0 Å². The first-order valence-corrected chi connectivity index (χ1v) is 3.15. The lowest BCUT2D eigenvalue weighted by Gasteiger charge is -2.00. The van der Waals surface area contributed by atoms with Gasteiger partial charge in [0.1, 0.15) is 11.3 Å². The first-order chi connectivity index (χ1) is 5.13. The van der Waals surface area contributed by atoms with E-state index in [2.05, 4.69) is 0 Å². The third-order valence-electron chi connectivity index (χ3n) is 1.47. The van der Waals surface area contributed by atoms with Gasteiger partial charge in [-0.15, -0.1) is 0 Å². The number of benzene rings is 1. The van der Waals surface area contributed by atoms with Crippen molar-refractivity contribution >= 4 is 29.0 Å². The van der Waals surface area contributed by atoms with E-state index in [1.807, 2.05) is 0 Å². The molecule has 0 atom stereocenters. The van der Waals surface area contributed by atoms with E-state index in [4.69, 9.17) is 5.11 Å². The summed E-state index contributed by atoms with van der Waals surface area (Å²) in [5.41, 5.74) is 0.523. The summed E-state index contributed by atoms with van der Waals surface area (Å²) in [6.45, 7) is 1.65. The minimum absolute atomic E-state index is 0. The summed E-state index contributed by atoms with van der Waals surface area (Å²) in [5, 5.41) is 17.7. The highest BCUT2D eigenvalue weighted by Crippen LogP contribution is 2.20. The zero-order valence-electron chi connectivity index (χ0n) is 6.74. The van der Waals surface area contributed by atoms with Gasteiger partial charge in [-0.05, 0) is 18.6 Å². The molecule has 4 heteroatoms. The van der Waals surface area contributed by atoms with E-state index in [-0.39, 0.29) is 34.4 Å². The average molecular weight is 176 g/mol. The third-order valence-corrected chi connectivity index (χ3v) is 1.47. The van der Waals surface area contributed by atoms with Gasteiger partial charge in [-0.1, -0.05) is 12.1 Å². The van der Waals surface area contributed by atoms with E-state index in [0.29, 0.717) is 5.56 Å². The molecule has 1 aromatic carbocycles. The Bertz CT molecular complexity index is 296. The molecule has 0 saturated carbocycles. The number of aromatic hydroxyl groups is 1. The molecule has 0 saturated heterocycles. The Morgan fingerprint density at radius 1 is 1.42 bits per heavy atom. The monoisotopic (exact) mass is 176 g/mol. The smallest absolute Gasteiger partial charge is 0.339 e. The van der Waals surface area contributed by atoms with Crippen molar-refractivity contribution in [1.29, 1.82) is 0 Å². The molecule has 2 N–H and O–H groups in total. The number of aromatic carboxylic acids is 1. The highest BCUT2D eigenvalue weighted by molar-refractivity contribution is 5.91. The maximum atomic E-state index is 10.4. The largest absolute Gasteiger partial charge is 0.507 e. The van der Waals surface area contributed by atoms with E-state index >= 15 is 0 Å². The molecule has 0 unspecified atom stereocenters. The van der Waals surface area contributed by atoms with E-state index in [0.717, 1.165) is 0 Å². The summed E-state index contributed by atoms with van der Waals surface area (Å²) >= 11 is 0. The van der Waals surface area contributed by atoms with E-state index in [9.17, 15) is 9.90 Å². The van der Waals surface area contributed by atoms with Crippen LogP contribution in [0.2, 0.25) is 0 Å². The summed E-state index contributed by atoms with van der Waals surface area (Å²) in [6.07, 6.45) is 0. The van der Waals surface area contributed by atoms with Crippen molar-refractivity contribution in [2.45, 2.75) is 6.92 Å². The van der Waals surface area contributed by atoms with Crippen molar-refractivity contribution in [3.05, 3.63) is 29.3 Å². The van der Waals surface area contributed by atoms with Gasteiger partial charge in [0.25, 0.3) is 0 Å². The van der Waals surface area contributed by atoms with Gasteiger partial charge < -0.3 is 10.2 Å². The van der Waals surface area contributed by atoms with Crippen LogP contribution in [-0.2, 0) is 0 Å². The number of carbonyl (C=O) groups is 1. The Morgan fingerprint density at radius 3 is 2.42 bits per heavy atom. The molecule has 1 rings (SSSR count). The molecular formula is C8H8MgO3. The lowest BCUT2D eigenvalue weighted by Crippen LogP contribution is -1.96. The Hall–Kier alpha value is -0.744. The Morgan fingerprint density at radius 2 is 2.00 bits per heavy atom. The molecule has 0 amide bonds. The van der Waals surface area contributed by atoms with Crippen molar-refractivity contribution in [2.24, 2.45) is 0 Å². The fraction of sp³-hybridized carbons (Fsp3) is 0.125. The maximum Gasteiger partial charge on any atom is 0.339 e. The van der Waals surface area contributed by atoms with Gasteiger partial charge in [0.15, 0.2) is 0 Å². The minimum Gasteiger partial charge on any atom is -0.507 e. The summed E-state index contributed by atoms with van der Waals surface area (Å²) in [4.78, 5) is 10.4. The van der Waals surface area contributed by atoms with Gasteiger partial charge >= 0.3 is 5.97 Å². The molecule has 0 spiro atoms. The van der Waals surface area contributed by atoms with Gasteiger partial charge in [0, 0.05) is 23.1 Å². The minimum atomic E-state index is -1.11. The number of hydrogen-bond donors (Lipinski definition) is 2. The van der Waals surface area contributed by atoms with E-state index in [1.165, 1.54) is 6.07 Å². The van der Waals surface area contributed by atoms with Crippen LogP contribution in [0.1, 0.15) is 15.9 Å². The second-order valence-corrected chi connectivity index (χ2v) is 2.28. The molecule has 2 radical (unpaired) electrons. The van der Waals surface area contributed by atoms with Crippen LogP contribution in [0.4, 0.5) is 0 Å². The van der Waals surface area contributed by atoms with Gasteiger partial charge in [0.2, 0.25) is 0 Å². The predicted octanol–water partition coefficient (Wildman–Crippen LogP) is 1.02. The highest BCUT2D eigenvalue weighted by Gasteiger charge is 2.09. The predicted molar refractivity (Wildman–Crippen MR) is 45.6 cm³/mol. The first-order valence-electron chi connectivity index (χ1n) is 3.15. The van der Waals surface area contributed by atoms with Gasteiger partial charge in [-0.3, -0.25) is 0 Å². The molecule has 60 valence electrons. The van der Waals surface area contributed by atoms with Gasteiger partial charge in [0.05, 0.1) is 0 Å². The van der Waals surface area contributed by atoms with Crippen LogP contribution >= 0.6 is 0 Å². The number of para-hydroxylation sites is 1. The molecular weight excluding hydrogens is 168 g/mol. The van der Waals surface area contributed by atoms with Crippen molar-refractivity contribution in [3.63, 3.8) is 0 Å². The Labute approximate surface area is 86.2 Å². The molecule has 0 fully saturated rings. The number of aryl methyl sites for hydroxylation is 1. The standard InChI is InChI=1S/C8H8O3.Mg/c1-5-3-2-4-6(7(5)9)8(10)11;/h2-4,9H,1H3,(H,10,11);. The van der Waals surface area contributed by atoms with Crippen LogP contribution in [0.15, 0.2) is 18.2 Å². The third kappa shape index (κ3) is 2.12. The fourth-order valence-corrected chi connectivity index (χ4v) is 0.832. The number of hydrogen-bond acceptors (Lipinski definition) is 2. The van der Waals surface area contributed by atoms with Crippen LogP contribution in [0, 0.1) is 6.92 Å². The maximum absolute atomic E-state index is 10.4. The molecule has 3 nitrogen and oxygen atoms in total. The van der Waals surface area contributed by atoms with Crippen LogP contribution in [-0.4, -0.2) is 39.2 Å². The van der Waals surface area contributed by atoms with E-state index in [1.54, 1.807) is 19.1 Å². The van der Waals surface area contributed by atoms with Gasteiger partial charge in [-0.2, -0.15) is 0 Å². The van der Waals surface area contributed by atoms with Crippen molar-refractivity contribution < 1.29 is 15.0 Å². The number of rotatable bonds is 1. The average Bonchev–Trinajstić information content (AvgIpc) is 1.94. The topological polar surface area (TPSA) is 57.5 Å². The van der Waals surface area contributed by atoms with Crippen LogP contribution in [0.3, 0.4) is 0 Å². The Balaban J connectivity index is 0.00000121. The molecule has 12 heavy (non-hydrogen) atoms. The van der Waals surface area contributed by atoms with Crippen LogP contribution in [0.5, 0.6) is 5.75 Å². The molecule has 0 aliphatic carbocycles. The zero-order valence-corrected chi connectivity index (χ0v) is 8.16. The first kappa shape index (κ1) is 11.3. The number of carboxylic acids is 1. The summed E-state index contributed by atoms with van der Waals surface area (Å²) in [5.74, 6) is -1.26. The van der Waals surface area contributed by atoms with Crippen LogP contribution in [0.25, 0.3) is 0 Å². The second-order valence-electron chi connectivity index (χ2n) is 2.28. The molecule has 0 aromatic heterocycles. The number of carboxylic acid groups (broad SMARTS) is 1. The SMILES string of the molecule is Cc1cccc(C(=O)O)c1O.[Mg]. The molecule has 0 bridgehead atoms.